The molecule has 2 amide bonds. The first-order valence-electron chi connectivity index (χ1n) is 6.01. The Kier molecular flexibility index (Phi) is 3.51. The minimum absolute atomic E-state index is 0.367. The van der Waals surface area contributed by atoms with Gasteiger partial charge in [-0.25, -0.2) is 0 Å². The maximum atomic E-state index is 11.4. The van der Waals surface area contributed by atoms with Crippen LogP contribution in [0.2, 0.25) is 0 Å². The molecule has 98 valence electrons. The standard InChI is InChI=1S/C15H16N2O2/c1-10-3-5-13-8-11(4-6-12(13)7-10)9-17(2)15(19)14(16)18/h3-8H,9H2,1-2H3,(H2,16,18). The van der Waals surface area contributed by atoms with E-state index in [4.69, 9.17) is 5.73 Å². The molecule has 0 radical (unpaired) electrons. The van der Waals surface area contributed by atoms with E-state index in [1.807, 2.05) is 37.3 Å². The lowest BCUT2D eigenvalue weighted by Gasteiger charge is -2.15. The number of nitrogens with two attached hydrogens (primary N) is 1. The van der Waals surface area contributed by atoms with Gasteiger partial charge in [-0.3, -0.25) is 9.59 Å². The number of hydrogen-bond donors (Lipinski definition) is 1. The lowest BCUT2D eigenvalue weighted by molar-refractivity contribution is -0.143. The summed E-state index contributed by atoms with van der Waals surface area (Å²) in [6.45, 7) is 2.41. The summed E-state index contributed by atoms with van der Waals surface area (Å²) in [7, 11) is 1.56. The van der Waals surface area contributed by atoms with Crippen LogP contribution >= 0.6 is 0 Å². The number of hydrogen-bond acceptors (Lipinski definition) is 2. The zero-order valence-corrected chi connectivity index (χ0v) is 11.0. The lowest BCUT2D eigenvalue weighted by Crippen LogP contribution is -2.37. The van der Waals surface area contributed by atoms with Gasteiger partial charge in [-0.15, -0.1) is 0 Å². The van der Waals surface area contributed by atoms with Gasteiger partial charge in [-0.1, -0.05) is 35.9 Å². The average Bonchev–Trinajstić information content (AvgIpc) is 2.37. The van der Waals surface area contributed by atoms with Gasteiger partial charge in [0, 0.05) is 13.6 Å². The predicted molar refractivity (Wildman–Crippen MR) is 74.4 cm³/mol. The van der Waals surface area contributed by atoms with Crippen molar-refractivity contribution in [2.24, 2.45) is 5.73 Å². The van der Waals surface area contributed by atoms with Crippen molar-refractivity contribution in [1.29, 1.82) is 0 Å². The summed E-state index contributed by atoms with van der Waals surface area (Å²) in [6.07, 6.45) is 0. The average molecular weight is 256 g/mol. The number of nitrogens with zero attached hydrogens (tertiary/aromatic N) is 1. The third kappa shape index (κ3) is 2.91. The molecule has 2 aromatic carbocycles. The molecule has 0 fully saturated rings. The van der Waals surface area contributed by atoms with Crippen molar-refractivity contribution < 1.29 is 9.59 Å². The summed E-state index contributed by atoms with van der Waals surface area (Å²) in [6, 6.07) is 12.2. The maximum absolute atomic E-state index is 11.4. The number of benzene rings is 2. The number of rotatable bonds is 2. The van der Waals surface area contributed by atoms with Crippen molar-refractivity contribution in [1.82, 2.24) is 4.90 Å². The molecule has 2 N–H and O–H groups in total. The van der Waals surface area contributed by atoms with E-state index in [2.05, 4.69) is 6.07 Å². The highest BCUT2D eigenvalue weighted by atomic mass is 16.2. The maximum Gasteiger partial charge on any atom is 0.311 e. The van der Waals surface area contributed by atoms with Crippen LogP contribution in [0.5, 0.6) is 0 Å². The van der Waals surface area contributed by atoms with E-state index in [1.165, 1.54) is 10.5 Å². The van der Waals surface area contributed by atoms with E-state index in [0.29, 0.717) is 6.54 Å². The first-order valence-corrected chi connectivity index (χ1v) is 6.01. The fourth-order valence-corrected chi connectivity index (χ4v) is 2.05. The molecule has 0 spiro atoms. The van der Waals surface area contributed by atoms with Crippen LogP contribution in [-0.4, -0.2) is 23.8 Å². The van der Waals surface area contributed by atoms with Crippen molar-refractivity contribution >= 4 is 22.6 Å². The van der Waals surface area contributed by atoms with Crippen LogP contribution in [0.1, 0.15) is 11.1 Å². The van der Waals surface area contributed by atoms with Crippen LogP contribution in [0.25, 0.3) is 10.8 Å². The third-order valence-electron chi connectivity index (χ3n) is 3.04. The van der Waals surface area contributed by atoms with Crippen molar-refractivity contribution in [2.45, 2.75) is 13.5 Å². The Morgan fingerprint density at radius 1 is 1.11 bits per heavy atom. The normalized spacial score (nSPS) is 10.4. The smallest absolute Gasteiger partial charge is 0.311 e. The molecule has 4 nitrogen and oxygen atoms in total. The highest BCUT2D eigenvalue weighted by Crippen LogP contribution is 2.18. The second-order valence-corrected chi connectivity index (χ2v) is 4.71. The molecule has 0 heterocycles. The second kappa shape index (κ2) is 5.10. The molecular weight excluding hydrogens is 240 g/mol. The number of likely N-dealkylation sites (N-methyl/N-ethyl adjacent to an activating group) is 1. The summed E-state index contributed by atoms with van der Waals surface area (Å²) >= 11 is 0. The van der Waals surface area contributed by atoms with Gasteiger partial charge in [0.2, 0.25) is 0 Å². The molecule has 19 heavy (non-hydrogen) atoms. The van der Waals surface area contributed by atoms with E-state index in [9.17, 15) is 9.59 Å². The van der Waals surface area contributed by atoms with Gasteiger partial charge in [-0.05, 0) is 29.3 Å². The van der Waals surface area contributed by atoms with Gasteiger partial charge in [0.15, 0.2) is 0 Å². The van der Waals surface area contributed by atoms with Gasteiger partial charge in [0.25, 0.3) is 0 Å². The lowest BCUT2D eigenvalue weighted by atomic mass is 10.0. The van der Waals surface area contributed by atoms with Crippen molar-refractivity contribution in [3.05, 3.63) is 47.5 Å². The molecular formula is C15H16N2O2. The van der Waals surface area contributed by atoms with Gasteiger partial charge >= 0.3 is 11.8 Å². The summed E-state index contributed by atoms with van der Waals surface area (Å²) in [5.74, 6) is -1.61. The van der Waals surface area contributed by atoms with Crippen LogP contribution < -0.4 is 5.73 Å². The molecule has 2 rings (SSSR count). The number of carbonyl (C=O) groups excluding carboxylic acids is 2. The SMILES string of the molecule is Cc1ccc2cc(CN(C)C(=O)C(N)=O)ccc2c1. The molecule has 0 saturated heterocycles. The van der Waals surface area contributed by atoms with E-state index in [0.717, 1.165) is 16.3 Å². The molecule has 0 bridgehead atoms. The zero-order valence-electron chi connectivity index (χ0n) is 11.0. The summed E-state index contributed by atoms with van der Waals surface area (Å²) < 4.78 is 0. The second-order valence-electron chi connectivity index (χ2n) is 4.71. The summed E-state index contributed by atoms with van der Waals surface area (Å²) in [4.78, 5) is 23.5. The van der Waals surface area contributed by atoms with Crippen LogP contribution in [0, 0.1) is 6.92 Å². The van der Waals surface area contributed by atoms with E-state index >= 15 is 0 Å². The molecule has 0 aliphatic heterocycles. The first kappa shape index (κ1) is 13.1. The van der Waals surface area contributed by atoms with Crippen molar-refractivity contribution in [2.75, 3.05) is 7.05 Å². The van der Waals surface area contributed by atoms with E-state index < -0.39 is 11.8 Å². The Bertz CT molecular complexity index is 650. The molecule has 0 saturated carbocycles. The topological polar surface area (TPSA) is 63.4 Å². The van der Waals surface area contributed by atoms with Crippen molar-refractivity contribution in [3.8, 4) is 0 Å². The summed E-state index contributed by atoms with van der Waals surface area (Å²) in [5, 5.41) is 2.27. The van der Waals surface area contributed by atoms with Gasteiger partial charge in [-0.2, -0.15) is 0 Å². The van der Waals surface area contributed by atoms with Gasteiger partial charge in [0.1, 0.15) is 0 Å². The minimum atomic E-state index is -0.932. The number of fused-ring (bicyclic) bond motifs is 1. The quantitative estimate of drug-likeness (QED) is 0.829. The monoisotopic (exact) mass is 256 g/mol. The van der Waals surface area contributed by atoms with Gasteiger partial charge < -0.3 is 10.6 Å². The number of aryl methyl sites for hydroxylation is 1. The molecule has 0 aliphatic rings. The van der Waals surface area contributed by atoms with Crippen LogP contribution in [0.15, 0.2) is 36.4 Å². The zero-order chi connectivity index (χ0) is 14.0. The molecule has 0 aliphatic carbocycles. The van der Waals surface area contributed by atoms with Crippen LogP contribution in [0.3, 0.4) is 0 Å². The molecule has 4 heteroatoms. The highest BCUT2D eigenvalue weighted by Gasteiger charge is 2.14. The molecule has 0 aromatic heterocycles. The van der Waals surface area contributed by atoms with E-state index in [-0.39, 0.29) is 0 Å². The van der Waals surface area contributed by atoms with Crippen molar-refractivity contribution in [3.63, 3.8) is 0 Å². The number of carbonyl (C=O) groups is 2. The molecule has 0 atom stereocenters. The Balaban J connectivity index is 2.24. The number of amides is 2. The fraction of sp³-hybridized carbons (Fsp3) is 0.200. The molecule has 0 unspecified atom stereocenters. The summed E-state index contributed by atoms with van der Waals surface area (Å²) in [5.41, 5.74) is 7.14. The molecule has 2 aromatic rings. The van der Waals surface area contributed by atoms with Gasteiger partial charge in [0.05, 0.1) is 0 Å². The third-order valence-corrected chi connectivity index (χ3v) is 3.04. The Morgan fingerprint density at radius 2 is 1.74 bits per heavy atom. The fourth-order valence-electron chi connectivity index (χ4n) is 2.05. The Morgan fingerprint density at radius 3 is 2.42 bits per heavy atom. The van der Waals surface area contributed by atoms with E-state index in [1.54, 1.807) is 7.05 Å². The van der Waals surface area contributed by atoms with Crippen LogP contribution in [0.4, 0.5) is 0 Å². The largest absolute Gasteiger partial charge is 0.361 e. The predicted octanol–water partition coefficient (Wildman–Crippen LogP) is 1.59. The Hall–Kier alpha value is -2.36. The Labute approximate surface area is 111 Å². The highest BCUT2D eigenvalue weighted by molar-refractivity contribution is 6.34. The first-order chi connectivity index (χ1) is 8.97. The number of primary amides is 1. The minimum Gasteiger partial charge on any atom is -0.361 e. The van der Waals surface area contributed by atoms with Crippen LogP contribution in [-0.2, 0) is 16.1 Å².